The van der Waals surface area contributed by atoms with Crippen molar-refractivity contribution in [2.45, 2.75) is 27.2 Å². The lowest BCUT2D eigenvalue weighted by molar-refractivity contribution is 0.0489. The molecule has 0 atom stereocenters. The normalized spacial score (nSPS) is 10.9. The molecule has 21 heavy (non-hydrogen) atoms. The maximum Gasteiger partial charge on any atom is 0.376 e. The number of hydrogen-bond donors (Lipinski definition) is 0. The van der Waals surface area contributed by atoms with Crippen LogP contribution in [-0.4, -0.2) is 17.6 Å². The first-order valence-electron chi connectivity index (χ1n) is 6.94. The van der Waals surface area contributed by atoms with Crippen LogP contribution in [0.2, 0.25) is 0 Å². The predicted octanol–water partition coefficient (Wildman–Crippen LogP) is 3.86. The summed E-state index contributed by atoms with van der Waals surface area (Å²) >= 11 is 0. The first kappa shape index (κ1) is 15.2. The summed E-state index contributed by atoms with van der Waals surface area (Å²) in [4.78, 5) is 16.3. The summed E-state index contributed by atoms with van der Waals surface area (Å²) < 4.78 is 23.8. The van der Waals surface area contributed by atoms with Crippen molar-refractivity contribution in [3.8, 4) is 11.5 Å². The number of nitrogens with zero attached hydrogens (tertiary/aromatic N) is 1. The number of oxazole rings is 1. The number of carbonyl (C=O) groups excluding carboxylic acids is 1. The highest BCUT2D eigenvalue weighted by Gasteiger charge is 2.22. The summed E-state index contributed by atoms with van der Waals surface area (Å²) in [6.45, 7) is 6.02. The van der Waals surface area contributed by atoms with E-state index in [4.69, 9.17) is 9.15 Å². The average molecular weight is 291 g/mol. The van der Waals surface area contributed by atoms with Gasteiger partial charge in [-0.25, -0.2) is 14.2 Å². The van der Waals surface area contributed by atoms with Gasteiger partial charge >= 0.3 is 5.97 Å². The quantitative estimate of drug-likeness (QED) is 0.785. The number of carbonyl (C=O) groups is 1. The van der Waals surface area contributed by atoms with Gasteiger partial charge in [0.05, 0.1) is 12.3 Å². The molecule has 112 valence electrons. The highest BCUT2D eigenvalue weighted by atomic mass is 19.1. The second kappa shape index (κ2) is 6.52. The molecule has 0 aliphatic carbocycles. The van der Waals surface area contributed by atoms with Gasteiger partial charge in [-0.1, -0.05) is 19.9 Å². The van der Waals surface area contributed by atoms with Crippen LogP contribution in [0.4, 0.5) is 4.39 Å². The third-order valence-electron chi connectivity index (χ3n) is 2.83. The van der Waals surface area contributed by atoms with Crippen LogP contribution in [0.1, 0.15) is 37.0 Å². The number of aromatic nitrogens is 1. The summed E-state index contributed by atoms with van der Waals surface area (Å²) in [5, 5.41) is 0. The van der Waals surface area contributed by atoms with E-state index in [0.29, 0.717) is 23.6 Å². The van der Waals surface area contributed by atoms with Gasteiger partial charge in [0.2, 0.25) is 11.7 Å². The summed E-state index contributed by atoms with van der Waals surface area (Å²) in [7, 11) is 0. The third-order valence-corrected chi connectivity index (χ3v) is 2.83. The zero-order valence-corrected chi connectivity index (χ0v) is 12.4. The number of ether oxygens (including phenoxy) is 1. The van der Waals surface area contributed by atoms with E-state index in [9.17, 15) is 9.18 Å². The Balaban J connectivity index is 2.42. The Kier molecular flexibility index (Phi) is 4.73. The van der Waals surface area contributed by atoms with Crippen LogP contribution in [0.3, 0.4) is 0 Å². The van der Waals surface area contributed by atoms with Gasteiger partial charge in [-0.15, -0.1) is 0 Å². The van der Waals surface area contributed by atoms with Crippen molar-refractivity contribution in [1.82, 2.24) is 4.98 Å². The van der Waals surface area contributed by atoms with E-state index in [1.54, 1.807) is 19.1 Å². The molecule has 0 N–H and O–H groups in total. The Morgan fingerprint density at radius 1 is 1.43 bits per heavy atom. The van der Waals surface area contributed by atoms with Crippen molar-refractivity contribution in [1.29, 1.82) is 0 Å². The molecule has 0 radical (unpaired) electrons. The minimum Gasteiger partial charge on any atom is -0.460 e. The Morgan fingerprint density at radius 3 is 2.81 bits per heavy atom. The fraction of sp³-hybridized carbons (Fsp3) is 0.375. The van der Waals surface area contributed by atoms with Gasteiger partial charge < -0.3 is 9.15 Å². The smallest absolute Gasteiger partial charge is 0.376 e. The first-order valence-corrected chi connectivity index (χ1v) is 6.94. The van der Waals surface area contributed by atoms with E-state index >= 15 is 0 Å². The van der Waals surface area contributed by atoms with E-state index in [1.807, 2.05) is 13.8 Å². The van der Waals surface area contributed by atoms with Crippen molar-refractivity contribution in [3.05, 3.63) is 41.5 Å². The molecule has 0 bridgehead atoms. The Morgan fingerprint density at radius 2 is 2.19 bits per heavy atom. The number of benzene rings is 1. The molecule has 0 saturated heterocycles. The van der Waals surface area contributed by atoms with Crippen molar-refractivity contribution in [2.75, 3.05) is 6.61 Å². The molecule has 5 heteroatoms. The summed E-state index contributed by atoms with van der Waals surface area (Å²) in [5.74, 6) is -0.279. The summed E-state index contributed by atoms with van der Waals surface area (Å²) in [6, 6.07) is 5.91. The topological polar surface area (TPSA) is 52.3 Å². The second-order valence-electron chi connectivity index (χ2n) is 5.12. The predicted molar refractivity (Wildman–Crippen MR) is 76.4 cm³/mol. The Bertz CT molecular complexity index is 634. The maximum atomic E-state index is 13.3. The van der Waals surface area contributed by atoms with Crippen molar-refractivity contribution in [2.24, 2.45) is 5.92 Å². The van der Waals surface area contributed by atoms with Crippen molar-refractivity contribution in [3.63, 3.8) is 0 Å². The number of esters is 1. The summed E-state index contributed by atoms with van der Waals surface area (Å²) in [6.07, 6.45) is 0.590. The van der Waals surface area contributed by atoms with E-state index in [0.717, 1.165) is 0 Å². The third kappa shape index (κ3) is 3.68. The zero-order chi connectivity index (χ0) is 15.4. The zero-order valence-electron chi connectivity index (χ0n) is 12.4. The largest absolute Gasteiger partial charge is 0.460 e. The Labute approximate surface area is 122 Å². The molecule has 0 spiro atoms. The molecule has 2 rings (SSSR count). The van der Waals surface area contributed by atoms with Crippen LogP contribution >= 0.6 is 0 Å². The van der Waals surface area contributed by atoms with E-state index in [2.05, 4.69) is 4.98 Å². The van der Waals surface area contributed by atoms with Crippen molar-refractivity contribution >= 4 is 5.97 Å². The standard InChI is InChI=1S/C16H18FNO3/c1-4-20-16(19)14-13(8-10(2)3)18-15(21-14)11-6-5-7-12(17)9-11/h5-7,9-10H,4,8H2,1-3H3. The van der Waals surface area contributed by atoms with Crippen LogP contribution in [-0.2, 0) is 11.2 Å². The van der Waals surface area contributed by atoms with Gasteiger partial charge in [0.1, 0.15) is 5.82 Å². The van der Waals surface area contributed by atoms with Crippen LogP contribution in [0.5, 0.6) is 0 Å². The number of hydrogen-bond acceptors (Lipinski definition) is 4. The van der Waals surface area contributed by atoms with Gasteiger partial charge in [-0.3, -0.25) is 0 Å². The lowest BCUT2D eigenvalue weighted by Gasteiger charge is -2.02. The first-order chi connectivity index (χ1) is 10.0. The minimum absolute atomic E-state index is 0.102. The van der Waals surface area contributed by atoms with Crippen LogP contribution < -0.4 is 0 Å². The Hall–Kier alpha value is -2.17. The van der Waals surface area contributed by atoms with Crippen LogP contribution in [0, 0.1) is 11.7 Å². The van der Waals surface area contributed by atoms with Gasteiger partial charge in [0.25, 0.3) is 0 Å². The molecular formula is C16H18FNO3. The van der Waals surface area contributed by atoms with E-state index in [-0.39, 0.29) is 24.1 Å². The molecule has 1 aromatic carbocycles. The monoisotopic (exact) mass is 291 g/mol. The average Bonchev–Trinajstić information content (AvgIpc) is 2.82. The molecule has 0 aliphatic rings. The molecule has 4 nitrogen and oxygen atoms in total. The summed E-state index contributed by atoms with van der Waals surface area (Å²) in [5.41, 5.74) is 1.04. The molecule has 0 unspecified atom stereocenters. The fourth-order valence-electron chi connectivity index (χ4n) is 1.98. The minimum atomic E-state index is -0.539. The lowest BCUT2D eigenvalue weighted by atomic mass is 10.1. The van der Waals surface area contributed by atoms with E-state index < -0.39 is 5.97 Å². The molecule has 2 aromatic rings. The number of rotatable bonds is 5. The SMILES string of the molecule is CCOC(=O)c1oc(-c2cccc(F)c2)nc1CC(C)C. The molecule has 1 aromatic heterocycles. The lowest BCUT2D eigenvalue weighted by Crippen LogP contribution is -2.08. The van der Waals surface area contributed by atoms with Crippen molar-refractivity contribution < 1.29 is 18.3 Å². The molecule has 0 saturated carbocycles. The van der Waals surface area contributed by atoms with E-state index in [1.165, 1.54) is 12.1 Å². The van der Waals surface area contributed by atoms with Gasteiger partial charge in [0, 0.05) is 5.56 Å². The van der Waals surface area contributed by atoms with Crippen LogP contribution in [0.15, 0.2) is 28.7 Å². The number of halogens is 1. The maximum absolute atomic E-state index is 13.3. The highest BCUT2D eigenvalue weighted by Crippen LogP contribution is 2.25. The van der Waals surface area contributed by atoms with Gasteiger partial charge in [-0.05, 0) is 37.5 Å². The molecular weight excluding hydrogens is 273 g/mol. The van der Waals surface area contributed by atoms with Gasteiger partial charge in [-0.2, -0.15) is 0 Å². The van der Waals surface area contributed by atoms with Crippen LogP contribution in [0.25, 0.3) is 11.5 Å². The molecule has 0 fully saturated rings. The molecule has 0 amide bonds. The fourth-order valence-corrected chi connectivity index (χ4v) is 1.98. The molecule has 1 heterocycles. The highest BCUT2D eigenvalue weighted by molar-refractivity contribution is 5.88. The molecule has 0 aliphatic heterocycles. The second-order valence-corrected chi connectivity index (χ2v) is 5.12. The van der Waals surface area contributed by atoms with Gasteiger partial charge in [0.15, 0.2) is 0 Å².